The molecule has 4 rings (SSSR count). The maximum Gasteiger partial charge on any atom is 0.274 e. The lowest BCUT2D eigenvalue weighted by molar-refractivity contribution is -0.125. The number of anilines is 1. The fourth-order valence-electron chi connectivity index (χ4n) is 3.50. The molecule has 3 aromatic rings. The summed E-state index contributed by atoms with van der Waals surface area (Å²) in [6.45, 7) is 3.78. The van der Waals surface area contributed by atoms with Crippen molar-refractivity contribution in [2.24, 2.45) is 18.7 Å². The van der Waals surface area contributed by atoms with Gasteiger partial charge in [0.1, 0.15) is 5.52 Å². The minimum Gasteiger partial charge on any atom is -0.477 e. The molecule has 1 unspecified atom stereocenters. The van der Waals surface area contributed by atoms with Gasteiger partial charge in [-0.1, -0.05) is 13.8 Å². The first kappa shape index (κ1) is 17.8. The maximum atomic E-state index is 12.4. The number of hydrogen-bond acceptors (Lipinski definition) is 4. The van der Waals surface area contributed by atoms with E-state index in [-0.39, 0.29) is 22.9 Å². The SMILES string of the molecule is CC(C)C1Oc2c(cc(C(N)=O)cc2-c2cn(C)c(=O)c3[nH]ccc23)NC1=O. The Balaban J connectivity index is 2.04. The molecule has 28 heavy (non-hydrogen) atoms. The van der Waals surface area contributed by atoms with Gasteiger partial charge in [0.25, 0.3) is 11.5 Å². The molecule has 2 aromatic heterocycles. The maximum absolute atomic E-state index is 12.4. The van der Waals surface area contributed by atoms with Crippen molar-refractivity contribution in [3.63, 3.8) is 0 Å². The Kier molecular flexibility index (Phi) is 3.99. The predicted molar refractivity (Wildman–Crippen MR) is 105 cm³/mol. The van der Waals surface area contributed by atoms with E-state index in [1.165, 1.54) is 10.6 Å². The summed E-state index contributed by atoms with van der Waals surface area (Å²) in [4.78, 5) is 39.6. The molecule has 0 saturated heterocycles. The fraction of sp³-hybridized carbons (Fsp3) is 0.250. The van der Waals surface area contributed by atoms with E-state index >= 15 is 0 Å². The van der Waals surface area contributed by atoms with Crippen LogP contribution in [0.15, 0.2) is 35.4 Å². The number of fused-ring (bicyclic) bond motifs is 2. The third kappa shape index (κ3) is 2.65. The second-order valence-corrected chi connectivity index (χ2v) is 7.26. The Morgan fingerprint density at radius 3 is 2.68 bits per heavy atom. The van der Waals surface area contributed by atoms with Gasteiger partial charge in [0.2, 0.25) is 5.91 Å². The number of nitrogens with zero attached hydrogens (tertiary/aromatic N) is 1. The number of primary amides is 1. The molecule has 0 saturated carbocycles. The summed E-state index contributed by atoms with van der Waals surface area (Å²) in [7, 11) is 1.65. The van der Waals surface area contributed by atoms with Crippen LogP contribution in [0.5, 0.6) is 5.75 Å². The molecular formula is C20H20N4O4. The third-order valence-corrected chi connectivity index (χ3v) is 4.92. The lowest BCUT2D eigenvalue weighted by Crippen LogP contribution is -2.41. The predicted octanol–water partition coefficient (Wildman–Crippen LogP) is 1.99. The lowest BCUT2D eigenvalue weighted by Gasteiger charge is -2.30. The largest absolute Gasteiger partial charge is 0.477 e. The standard InChI is InChI=1S/C20H20N4O4/c1-9(2)16-19(26)23-14-7-10(18(21)25)6-12(17(14)28-16)13-8-24(3)20(27)15-11(13)4-5-22-15/h4-9,16,22H,1-3H3,(H2,21,25)(H,23,26). The second-order valence-electron chi connectivity index (χ2n) is 7.26. The van der Waals surface area contributed by atoms with Gasteiger partial charge in [-0.3, -0.25) is 14.4 Å². The van der Waals surface area contributed by atoms with Crippen LogP contribution in [-0.4, -0.2) is 27.5 Å². The van der Waals surface area contributed by atoms with Crippen molar-refractivity contribution in [3.05, 3.63) is 46.5 Å². The molecule has 0 radical (unpaired) electrons. The zero-order valence-corrected chi connectivity index (χ0v) is 15.7. The number of benzene rings is 1. The monoisotopic (exact) mass is 380 g/mol. The smallest absolute Gasteiger partial charge is 0.274 e. The number of nitrogens with one attached hydrogen (secondary N) is 2. The number of aromatic nitrogens is 2. The van der Waals surface area contributed by atoms with Crippen molar-refractivity contribution in [3.8, 4) is 16.9 Å². The number of H-pyrrole nitrogens is 1. The Morgan fingerprint density at radius 1 is 1.25 bits per heavy atom. The highest BCUT2D eigenvalue weighted by molar-refractivity contribution is 6.06. The number of hydrogen-bond donors (Lipinski definition) is 3. The van der Waals surface area contributed by atoms with Gasteiger partial charge in [-0.2, -0.15) is 0 Å². The van der Waals surface area contributed by atoms with E-state index in [2.05, 4.69) is 10.3 Å². The summed E-state index contributed by atoms with van der Waals surface area (Å²) in [6.07, 6.45) is 2.70. The molecule has 0 spiro atoms. The number of aromatic amines is 1. The Morgan fingerprint density at radius 2 is 2.00 bits per heavy atom. The Bertz CT molecular complexity index is 1190. The number of ether oxygens (including phenoxy) is 1. The molecule has 0 bridgehead atoms. The molecule has 1 aliphatic heterocycles. The van der Waals surface area contributed by atoms with Gasteiger partial charge < -0.3 is 25.3 Å². The van der Waals surface area contributed by atoms with Crippen molar-refractivity contribution in [2.75, 3.05) is 5.32 Å². The molecular weight excluding hydrogens is 360 g/mol. The first-order chi connectivity index (χ1) is 13.3. The van der Waals surface area contributed by atoms with Crippen LogP contribution in [0.4, 0.5) is 5.69 Å². The van der Waals surface area contributed by atoms with Crippen LogP contribution in [-0.2, 0) is 11.8 Å². The van der Waals surface area contributed by atoms with Crippen LogP contribution in [0.2, 0.25) is 0 Å². The average molecular weight is 380 g/mol. The molecule has 4 N–H and O–H groups in total. The van der Waals surface area contributed by atoms with Crippen molar-refractivity contribution in [1.29, 1.82) is 0 Å². The molecule has 0 aliphatic carbocycles. The van der Waals surface area contributed by atoms with Gasteiger partial charge in [0.15, 0.2) is 11.9 Å². The zero-order valence-electron chi connectivity index (χ0n) is 15.7. The summed E-state index contributed by atoms with van der Waals surface area (Å²) >= 11 is 0. The number of nitrogens with two attached hydrogens (primary N) is 1. The molecule has 2 amide bonds. The van der Waals surface area contributed by atoms with E-state index in [1.807, 2.05) is 13.8 Å². The normalized spacial score (nSPS) is 16.0. The van der Waals surface area contributed by atoms with Crippen LogP contribution < -0.4 is 21.3 Å². The topological polar surface area (TPSA) is 119 Å². The van der Waals surface area contributed by atoms with Gasteiger partial charge in [-0.15, -0.1) is 0 Å². The van der Waals surface area contributed by atoms with Crippen molar-refractivity contribution in [2.45, 2.75) is 20.0 Å². The van der Waals surface area contributed by atoms with Crippen molar-refractivity contribution >= 4 is 28.4 Å². The number of carbonyl (C=O) groups excluding carboxylic acids is 2. The molecule has 8 nitrogen and oxygen atoms in total. The van der Waals surface area contributed by atoms with E-state index in [0.717, 1.165) is 0 Å². The number of amides is 2. The minimum absolute atomic E-state index is 0.0516. The molecule has 3 heterocycles. The zero-order chi connectivity index (χ0) is 20.2. The van der Waals surface area contributed by atoms with Crippen LogP contribution in [0.25, 0.3) is 22.0 Å². The molecule has 0 fully saturated rings. The number of carbonyl (C=O) groups is 2. The Hall–Kier alpha value is -3.55. The number of aryl methyl sites for hydroxylation is 1. The molecule has 1 aromatic carbocycles. The molecule has 1 aliphatic rings. The summed E-state index contributed by atoms with van der Waals surface area (Å²) in [5.41, 5.74) is 7.66. The molecule has 1 atom stereocenters. The van der Waals surface area contributed by atoms with E-state index in [4.69, 9.17) is 10.5 Å². The first-order valence-electron chi connectivity index (χ1n) is 8.90. The van der Waals surface area contributed by atoms with Crippen LogP contribution >= 0.6 is 0 Å². The van der Waals surface area contributed by atoms with Gasteiger partial charge in [-0.05, 0) is 24.1 Å². The summed E-state index contributed by atoms with van der Waals surface area (Å²) in [5.74, 6) is -0.504. The second kappa shape index (κ2) is 6.26. The summed E-state index contributed by atoms with van der Waals surface area (Å²) in [5, 5.41) is 3.51. The summed E-state index contributed by atoms with van der Waals surface area (Å²) in [6, 6.07) is 4.92. The lowest BCUT2D eigenvalue weighted by atomic mass is 9.96. The van der Waals surface area contributed by atoms with Crippen LogP contribution in [0.1, 0.15) is 24.2 Å². The van der Waals surface area contributed by atoms with Crippen molar-refractivity contribution < 1.29 is 14.3 Å². The van der Waals surface area contributed by atoms with E-state index < -0.39 is 12.0 Å². The van der Waals surface area contributed by atoms with E-state index in [1.54, 1.807) is 31.6 Å². The molecule has 144 valence electrons. The first-order valence-corrected chi connectivity index (χ1v) is 8.90. The van der Waals surface area contributed by atoms with E-state index in [9.17, 15) is 14.4 Å². The highest BCUT2D eigenvalue weighted by Crippen LogP contribution is 2.43. The summed E-state index contributed by atoms with van der Waals surface area (Å²) < 4.78 is 7.52. The minimum atomic E-state index is -0.667. The van der Waals surface area contributed by atoms with Gasteiger partial charge in [0, 0.05) is 41.5 Å². The van der Waals surface area contributed by atoms with Crippen molar-refractivity contribution in [1.82, 2.24) is 9.55 Å². The molecule has 8 heteroatoms. The highest BCUT2D eigenvalue weighted by Gasteiger charge is 2.33. The van der Waals surface area contributed by atoms with Crippen LogP contribution in [0, 0.1) is 5.92 Å². The average Bonchev–Trinajstić information content (AvgIpc) is 3.13. The highest BCUT2D eigenvalue weighted by atomic mass is 16.5. The third-order valence-electron chi connectivity index (χ3n) is 4.92. The van der Waals surface area contributed by atoms with E-state index in [0.29, 0.717) is 33.5 Å². The van der Waals surface area contributed by atoms with Gasteiger partial charge >= 0.3 is 0 Å². The fourth-order valence-corrected chi connectivity index (χ4v) is 3.50. The van der Waals surface area contributed by atoms with Crippen LogP contribution in [0.3, 0.4) is 0 Å². The Labute approximate surface area is 160 Å². The quantitative estimate of drug-likeness (QED) is 0.644. The number of pyridine rings is 1. The van der Waals surface area contributed by atoms with Gasteiger partial charge in [-0.25, -0.2) is 0 Å². The number of rotatable bonds is 3. The van der Waals surface area contributed by atoms with Gasteiger partial charge in [0.05, 0.1) is 5.69 Å².